The second-order valence-electron chi connectivity index (χ2n) is 6.87. The van der Waals surface area contributed by atoms with E-state index in [1.54, 1.807) is 32.9 Å². The summed E-state index contributed by atoms with van der Waals surface area (Å²) < 4.78 is 5.23. The average Bonchev–Trinajstić information content (AvgIpc) is 2.44. The number of ether oxygens (including phenoxy) is 1. The third kappa shape index (κ3) is 8.91. The van der Waals surface area contributed by atoms with Crippen LogP contribution in [0.1, 0.15) is 26.3 Å². The van der Waals surface area contributed by atoms with Crippen molar-refractivity contribution in [1.82, 2.24) is 4.90 Å². The van der Waals surface area contributed by atoms with Crippen molar-refractivity contribution in [2.45, 2.75) is 37.6 Å². The van der Waals surface area contributed by atoms with Gasteiger partial charge in [-0.15, -0.1) is 0 Å². The minimum Gasteiger partial charge on any atom is -0.480 e. The molecule has 1 rings (SSSR count). The molecule has 1 aromatic rings. The van der Waals surface area contributed by atoms with Gasteiger partial charge in [0.15, 0.2) is 0 Å². The zero-order valence-electron chi connectivity index (χ0n) is 15.0. The lowest BCUT2D eigenvalue weighted by Gasteiger charge is -2.25. The molecule has 9 heteroatoms. The summed E-state index contributed by atoms with van der Waals surface area (Å²) in [4.78, 5) is 34.6. The molecular formula is C17H23BrN2O6. The van der Waals surface area contributed by atoms with E-state index in [2.05, 4.69) is 15.9 Å². The Bertz CT molecular complexity index is 642. The van der Waals surface area contributed by atoms with E-state index in [4.69, 9.17) is 9.84 Å². The van der Waals surface area contributed by atoms with Gasteiger partial charge in [-0.05, 0) is 32.8 Å². The molecule has 0 aromatic heterocycles. The summed E-state index contributed by atoms with van der Waals surface area (Å²) in [5, 5.41) is 19.7. The van der Waals surface area contributed by atoms with Crippen LogP contribution in [0, 0.1) is 10.1 Å². The largest absolute Gasteiger partial charge is 0.480 e. The maximum absolute atomic E-state index is 12.0. The molecule has 1 atom stereocenters. The number of aliphatic carboxylic acids is 1. The fraction of sp³-hybridized carbons (Fsp3) is 0.529. The number of nitrogens with zero attached hydrogens (tertiary/aromatic N) is 2. The Morgan fingerprint density at radius 3 is 2.31 bits per heavy atom. The summed E-state index contributed by atoms with van der Waals surface area (Å²) in [6.45, 7) is 5.12. The molecule has 8 nitrogen and oxygen atoms in total. The van der Waals surface area contributed by atoms with Gasteiger partial charge in [0.2, 0.25) is 0 Å². The van der Waals surface area contributed by atoms with E-state index in [0.29, 0.717) is 13.0 Å². The monoisotopic (exact) mass is 430 g/mol. The number of benzene rings is 1. The molecule has 0 radical (unpaired) electrons. The number of hydrogen-bond acceptors (Lipinski definition) is 6. The number of nitro benzene ring substituents is 1. The van der Waals surface area contributed by atoms with E-state index >= 15 is 0 Å². The van der Waals surface area contributed by atoms with Gasteiger partial charge in [0.25, 0.3) is 5.69 Å². The molecule has 0 spiro atoms. The maximum atomic E-state index is 12.0. The topological polar surface area (TPSA) is 110 Å². The lowest BCUT2D eigenvalue weighted by atomic mass is 10.1. The van der Waals surface area contributed by atoms with Gasteiger partial charge in [-0.2, -0.15) is 0 Å². The molecule has 26 heavy (non-hydrogen) atoms. The van der Waals surface area contributed by atoms with Crippen LogP contribution in [0.25, 0.3) is 0 Å². The lowest BCUT2D eigenvalue weighted by Crippen LogP contribution is -2.41. The summed E-state index contributed by atoms with van der Waals surface area (Å²) >= 11 is 3.48. The third-order valence-electron chi connectivity index (χ3n) is 3.19. The minimum atomic E-state index is -1.04. The van der Waals surface area contributed by atoms with E-state index in [9.17, 15) is 19.7 Å². The highest BCUT2D eigenvalue weighted by Gasteiger charge is 2.22. The van der Waals surface area contributed by atoms with Crippen molar-refractivity contribution in [2.24, 2.45) is 0 Å². The second kappa shape index (κ2) is 9.63. The van der Waals surface area contributed by atoms with Crippen molar-refractivity contribution < 1.29 is 24.4 Å². The van der Waals surface area contributed by atoms with Crippen molar-refractivity contribution in [3.8, 4) is 0 Å². The van der Waals surface area contributed by atoms with Gasteiger partial charge in [0.05, 0.1) is 18.0 Å². The lowest BCUT2D eigenvalue weighted by molar-refractivity contribution is -0.384. The maximum Gasteiger partial charge on any atom is 0.320 e. The predicted molar refractivity (Wildman–Crippen MR) is 99.4 cm³/mol. The van der Waals surface area contributed by atoms with E-state index in [1.165, 1.54) is 17.0 Å². The molecule has 0 fully saturated rings. The first-order valence-electron chi connectivity index (χ1n) is 7.99. The molecular weight excluding hydrogens is 408 g/mol. The van der Waals surface area contributed by atoms with Gasteiger partial charge in [-0.1, -0.05) is 28.1 Å². The molecule has 1 aromatic carbocycles. The molecule has 1 N–H and O–H groups in total. The van der Waals surface area contributed by atoms with Crippen LogP contribution in [-0.2, 0) is 20.7 Å². The zero-order chi connectivity index (χ0) is 19.9. The SMILES string of the molecule is CC(C)(C)OC(=O)CN(CC(=O)O)C[C@H](Br)Cc1ccc([N+](=O)[O-])cc1. The molecule has 0 aliphatic carbocycles. The van der Waals surface area contributed by atoms with Gasteiger partial charge < -0.3 is 9.84 Å². The fourth-order valence-corrected chi connectivity index (χ4v) is 3.07. The van der Waals surface area contributed by atoms with Crippen molar-refractivity contribution in [1.29, 1.82) is 0 Å². The highest BCUT2D eigenvalue weighted by molar-refractivity contribution is 9.09. The minimum absolute atomic E-state index is 0.0114. The van der Waals surface area contributed by atoms with Crippen LogP contribution in [0.3, 0.4) is 0 Å². The number of carboxylic acid groups (broad SMARTS) is 1. The Balaban J connectivity index is 2.66. The molecule has 144 valence electrons. The molecule has 0 aliphatic rings. The molecule has 0 saturated heterocycles. The smallest absolute Gasteiger partial charge is 0.320 e. The van der Waals surface area contributed by atoms with Gasteiger partial charge in [0, 0.05) is 23.5 Å². The quantitative estimate of drug-likeness (QED) is 0.277. The first-order chi connectivity index (χ1) is 12.0. The summed E-state index contributed by atoms with van der Waals surface area (Å²) in [6.07, 6.45) is 0.530. The van der Waals surface area contributed by atoms with Crippen molar-refractivity contribution in [2.75, 3.05) is 19.6 Å². The average molecular weight is 431 g/mol. The first-order valence-corrected chi connectivity index (χ1v) is 8.91. The third-order valence-corrected chi connectivity index (χ3v) is 3.81. The Labute approximate surface area is 160 Å². The molecule has 0 heterocycles. The van der Waals surface area contributed by atoms with Crippen LogP contribution in [0.15, 0.2) is 24.3 Å². The predicted octanol–water partition coefficient (Wildman–Crippen LogP) is 2.63. The Morgan fingerprint density at radius 2 is 1.85 bits per heavy atom. The number of halogens is 1. The number of esters is 1. The molecule has 0 bridgehead atoms. The summed E-state index contributed by atoms with van der Waals surface area (Å²) in [5.41, 5.74) is 0.237. The molecule has 0 saturated carbocycles. The normalized spacial score (nSPS) is 12.7. The van der Waals surface area contributed by atoms with Crippen molar-refractivity contribution in [3.05, 3.63) is 39.9 Å². The highest BCUT2D eigenvalue weighted by Crippen LogP contribution is 2.16. The van der Waals surface area contributed by atoms with Crippen LogP contribution in [0.5, 0.6) is 0 Å². The number of rotatable bonds is 9. The number of carbonyl (C=O) groups excluding carboxylic acids is 1. The summed E-state index contributed by atoms with van der Waals surface area (Å²) in [5.74, 6) is -1.53. The Kier molecular flexibility index (Phi) is 8.16. The van der Waals surface area contributed by atoms with E-state index in [-0.39, 0.29) is 23.6 Å². The van der Waals surface area contributed by atoms with Gasteiger partial charge >= 0.3 is 11.9 Å². The number of hydrogen-bond donors (Lipinski definition) is 1. The van der Waals surface area contributed by atoms with Crippen LogP contribution in [0.4, 0.5) is 5.69 Å². The van der Waals surface area contributed by atoms with Crippen LogP contribution in [-0.4, -0.2) is 56.9 Å². The number of non-ortho nitro benzene ring substituents is 1. The van der Waals surface area contributed by atoms with Crippen LogP contribution >= 0.6 is 15.9 Å². The molecule has 0 unspecified atom stereocenters. The highest BCUT2D eigenvalue weighted by atomic mass is 79.9. The van der Waals surface area contributed by atoms with E-state index in [0.717, 1.165) is 5.56 Å². The molecule has 0 aliphatic heterocycles. The Hall–Kier alpha value is -2.00. The summed E-state index contributed by atoms with van der Waals surface area (Å²) in [6, 6.07) is 6.15. The number of carboxylic acids is 1. The first kappa shape index (κ1) is 22.0. The van der Waals surface area contributed by atoms with Gasteiger partial charge in [-0.25, -0.2) is 0 Å². The number of alkyl halides is 1. The molecule has 0 amide bonds. The van der Waals surface area contributed by atoms with Crippen molar-refractivity contribution in [3.63, 3.8) is 0 Å². The van der Waals surface area contributed by atoms with Gasteiger partial charge in [-0.3, -0.25) is 24.6 Å². The Morgan fingerprint density at radius 1 is 1.27 bits per heavy atom. The fourth-order valence-electron chi connectivity index (χ4n) is 2.29. The number of carbonyl (C=O) groups is 2. The van der Waals surface area contributed by atoms with Crippen molar-refractivity contribution >= 4 is 33.6 Å². The van der Waals surface area contributed by atoms with Gasteiger partial charge in [0.1, 0.15) is 5.60 Å². The second-order valence-corrected chi connectivity index (χ2v) is 8.17. The van der Waals surface area contributed by atoms with E-state index in [1.807, 2.05) is 0 Å². The standard InChI is InChI=1S/C17H23BrN2O6/c1-17(2,3)26-16(23)11-19(10-15(21)22)9-13(18)8-12-4-6-14(7-5-12)20(24)25/h4-7,13H,8-11H2,1-3H3,(H,21,22)/t13-/m1/s1. The number of nitro groups is 1. The van der Waals surface area contributed by atoms with Crippen LogP contribution < -0.4 is 0 Å². The van der Waals surface area contributed by atoms with E-state index < -0.39 is 22.5 Å². The summed E-state index contributed by atoms with van der Waals surface area (Å²) in [7, 11) is 0. The van der Waals surface area contributed by atoms with Crippen LogP contribution in [0.2, 0.25) is 0 Å². The zero-order valence-corrected chi connectivity index (χ0v) is 16.6.